The zero-order valence-corrected chi connectivity index (χ0v) is 14.4. The first-order valence-electron chi connectivity index (χ1n) is 7.74. The Morgan fingerprint density at radius 3 is 2.50 bits per heavy atom. The second-order valence-corrected chi connectivity index (χ2v) is 6.39. The zero-order valence-electron chi connectivity index (χ0n) is 13.6. The van der Waals surface area contributed by atoms with Crippen LogP contribution >= 0.6 is 11.3 Å². The van der Waals surface area contributed by atoms with Crippen LogP contribution in [0.1, 0.15) is 22.3 Å². The van der Waals surface area contributed by atoms with Crippen LogP contribution in [-0.4, -0.2) is 17.5 Å². The van der Waals surface area contributed by atoms with E-state index in [-0.39, 0.29) is 5.91 Å². The number of aryl methyl sites for hydroxylation is 1. The minimum atomic E-state index is -0.154. The molecule has 3 rings (SSSR count). The largest absolute Gasteiger partial charge is 0.494 e. The van der Waals surface area contributed by atoms with Crippen molar-refractivity contribution in [2.45, 2.75) is 13.8 Å². The van der Waals surface area contributed by atoms with E-state index in [2.05, 4.69) is 10.3 Å². The summed E-state index contributed by atoms with van der Waals surface area (Å²) in [6, 6.07) is 17.0. The van der Waals surface area contributed by atoms with Gasteiger partial charge in [0.05, 0.1) is 11.6 Å². The van der Waals surface area contributed by atoms with Crippen LogP contribution < -0.4 is 10.1 Å². The number of nitrogens with zero attached hydrogens (tertiary/aromatic N) is 1. The van der Waals surface area contributed by atoms with Crippen molar-refractivity contribution in [1.82, 2.24) is 4.98 Å². The number of hydrogen-bond acceptors (Lipinski definition) is 4. The molecule has 1 heterocycles. The molecule has 0 atom stereocenters. The molecule has 122 valence electrons. The van der Waals surface area contributed by atoms with Crippen LogP contribution in [0.25, 0.3) is 11.3 Å². The summed E-state index contributed by atoms with van der Waals surface area (Å²) in [5, 5.41) is 4.65. The molecule has 24 heavy (non-hydrogen) atoms. The average Bonchev–Trinajstić information content (AvgIpc) is 2.97. The molecule has 0 fully saturated rings. The molecule has 0 saturated heterocycles. The van der Waals surface area contributed by atoms with E-state index < -0.39 is 0 Å². The Morgan fingerprint density at radius 2 is 1.83 bits per heavy atom. The molecule has 0 unspecified atom stereocenters. The lowest BCUT2D eigenvalue weighted by atomic mass is 10.1. The molecule has 0 spiro atoms. The molecule has 0 bridgehead atoms. The lowest BCUT2D eigenvalue weighted by molar-refractivity contribution is 0.102. The van der Waals surface area contributed by atoms with Crippen molar-refractivity contribution in [3.05, 3.63) is 65.2 Å². The van der Waals surface area contributed by atoms with Gasteiger partial charge in [-0.1, -0.05) is 30.3 Å². The lowest BCUT2D eigenvalue weighted by Crippen LogP contribution is -2.11. The Hall–Kier alpha value is -2.66. The van der Waals surface area contributed by atoms with Gasteiger partial charge in [0.25, 0.3) is 5.91 Å². The standard InChI is InChI=1S/C19H18N2O2S/c1-3-23-16-11-9-15(10-12-16)18(22)21-19-17(20-13(2)24-19)14-7-5-4-6-8-14/h4-12H,3H2,1-2H3,(H,21,22). The first-order valence-corrected chi connectivity index (χ1v) is 8.56. The second kappa shape index (κ2) is 7.27. The smallest absolute Gasteiger partial charge is 0.256 e. The summed E-state index contributed by atoms with van der Waals surface area (Å²) in [4.78, 5) is 17.1. The molecule has 0 aliphatic heterocycles. The van der Waals surface area contributed by atoms with Gasteiger partial charge in [0.2, 0.25) is 0 Å². The SMILES string of the molecule is CCOc1ccc(C(=O)Nc2sc(C)nc2-c2ccccc2)cc1. The topological polar surface area (TPSA) is 51.2 Å². The Labute approximate surface area is 145 Å². The first kappa shape index (κ1) is 16.2. The van der Waals surface area contributed by atoms with E-state index in [1.165, 1.54) is 11.3 Å². The molecule has 5 heteroatoms. The number of benzene rings is 2. The zero-order chi connectivity index (χ0) is 16.9. The predicted molar refractivity (Wildman–Crippen MR) is 97.9 cm³/mol. The maximum Gasteiger partial charge on any atom is 0.256 e. The molecule has 0 saturated carbocycles. The number of thiazole rings is 1. The monoisotopic (exact) mass is 338 g/mol. The second-order valence-electron chi connectivity index (χ2n) is 5.19. The minimum Gasteiger partial charge on any atom is -0.494 e. The van der Waals surface area contributed by atoms with Gasteiger partial charge in [-0.05, 0) is 38.1 Å². The third kappa shape index (κ3) is 3.63. The van der Waals surface area contributed by atoms with Gasteiger partial charge in [-0.3, -0.25) is 4.79 Å². The van der Waals surface area contributed by atoms with Gasteiger partial charge in [-0.25, -0.2) is 4.98 Å². The van der Waals surface area contributed by atoms with Crippen LogP contribution in [0, 0.1) is 6.92 Å². The van der Waals surface area contributed by atoms with Crippen LogP contribution in [0.4, 0.5) is 5.00 Å². The predicted octanol–water partition coefficient (Wildman–Crippen LogP) is 4.77. The van der Waals surface area contributed by atoms with E-state index in [1.54, 1.807) is 24.3 Å². The normalized spacial score (nSPS) is 10.4. The fraction of sp³-hybridized carbons (Fsp3) is 0.158. The molecular weight excluding hydrogens is 320 g/mol. The van der Waals surface area contributed by atoms with Gasteiger partial charge in [-0.2, -0.15) is 0 Å². The molecule has 1 amide bonds. The van der Waals surface area contributed by atoms with E-state index in [0.29, 0.717) is 12.2 Å². The number of rotatable bonds is 5. The molecule has 0 radical (unpaired) electrons. The van der Waals surface area contributed by atoms with Crippen molar-refractivity contribution in [1.29, 1.82) is 0 Å². The molecule has 2 aromatic carbocycles. The van der Waals surface area contributed by atoms with Crippen molar-refractivity contribution in [2.24, 2.45) is 0 Å². The third-order valence-corrected chi connectivity index (χ3v) is 4.32. The van der Waals surface area contributed by atoms with E-state index >= 15 is 0 Å². The van der Waals surface area contributed by atoms with E-state index in [1.807, 2.05) is 44.2 Å². The number of ether oxygens (including phenoxy) is 1. The van der Waals surface area contributed by atoms with Crippen LogP contribution in [0.15, 0.2) is 54.6 Å². The highest BCUT2D eigenvalue weighted by atomic mass is 32.1. The van der Waals surface area contributed by atoms with Crippen molar-refractivity contribution in [2.75, 3.05) is 11.9 Å². The van der Waals surface area contributed by atoms with Crippen LogP contribution in [-0.2, 0) is 0 Å². The summed E-state index contributed by atoms with van der Waals surface area (Å²) in [7, 11) is 0. The van der Waals surface area contributed by atoms with Crippen molar-refractivity contribution < 1.29 is 9.53 Å². The number of aromatic nitrogens is 1. The number of carbonyl (C=O) groups is 1. The van der Waals surface area contributed by atoms with Crippen molar-refractivity contribution >= 4 is 22.2 Å². The highest BCUT2D eigenvalue weighted by Crippen LogP contribution is 2.33. The van der Waals surface area contributed by atoms with Crippen LogP contribution in [0.5, 0.6) is 5.75 Å². The Kier molecular flexibility index (Phi) is 4.91. The quantitative estimate of drug-likeness (QED) is 0.729. The fourth-order valence-corrected chi connectivity index (χ4v) is 3.18. The summed E-state index contributed by atoms with van der Waals surface area (Å²) in [6.45, 7) is 4.47. The van der Waals surface area contributed by atoms with Gasteiger partial charge in [0, 0.05) is 11.1 Å². The van der Waals surface area contributed by atoms with E-state index in [4.69, 9.17) is 4.74 Å². The number of anilines is 1. The van der Waals surface area contributed by atoms with E-state index in [0.717, 1.165) is 27.0 Å². The number of amides is 1. The van der Waals surface area contributed by atoms with Gasteiger partial charge in [0.15, 0.2) is 0 Å². The summed E-state index contributed by atoms with van der Waals surface area (Å²) in [5.74, 6) is 0.603. The first-order chi connectivity index (χ1) is 11.7. The molecular formula is C19H18N2O2S. The molecule has 0 aliphatic carbocycles. The Bertz CT molecular complexity index is 826. The summed E-state index contributed by atoms with van der Waals surface area (Å²) in [5.41, 5.74) is 2.38. The molecule has 3 aromatic rings. The van der Waals surface area contributed by atoms with Crippen molar-refractivity contribution in [3.63, 3.8) is 0 Å². The summed E-state index contributed by atoms with van der Waals surface area (Å²) in [6.07, 6.45) is 0. The van der Waals surface area contributed by atoms with E-state index in [9.17, 15) is 4.79 Å². The van der Waals surface area contributed by atoms with Gasteiger partial charge in [0.1, 0.15) is 16.4 Å². The molecule has 1 N–H and O–H groups in total. The summed E-state index contributed by atoms with van der Waals surface area (Å²) >= 11 is 1.48. The van der Waals surface area contributed by atoms with Crippen molar-refractivity contribution in [3.8, 4) is 17.0 Å². The average molecular weight is 338 g/mol. The highest BCUT2D eigenvalue weighted by Gasteiger charge is 2.15. The summed E-state index contributed by atoms with van der Waals surface area (Å²) < 4.78 is 5.40. The maximum absolute atomic E-state index is 12.5. The Morgan fingerprint density at radius 1 is 1.12 bits per heavy atom. The minimum absolute atomic E-state index is 0.154. The third-order valence-electron chi connectivity index (χ3n) is 3.44. The van der Waals surface area contributed by atoms with Gasteiger partial charge in [-0.15, -0.1) is 11.3 Å². The molecule has 1 aromatic heterocycles. The number of carbonyl (C=O) groups excluding carboxylic acids is 1. The lowest BCUT2D eigenvalue weighted by Gasteiger charge is -2.07. The fourth-order valence-electron chi connectivity index (χ4n) is 2.35. The number of hydrogen-bond donors (Lipinski definition) is 1. The molecule has 4 nitrogen and oxygen atoms in total. The van der Waals surface area contributed by atoms with Gasteiger partial charge >= 0.3 is 0 Å². The maximum atomic E-state index is 12.5. The Balaban J connectivity index is 1.82. The molecule has 0 aliphatic rings. The van der Waals surface area contributed by atoms with Crippen LogP contribution in [0.3, 0.4) is 0 Å². The van der Waals surface area contributed by atoms with Crippen LogP contribution in [0.2, 0.25) is 0 Å². The number of nitrogens with one attached hydrogen (secondary N) is 1. The van der Waals surface area contributed by atoms with Gasteiger partial charge < -0.3 is 10.1 Å². The highest BCUT2D eigenvalue weighted by molar-refractivity contribution is 7.16.